The number of carbonyl (C=O) groups is 1. The molecule has 3 rings (SSSR count). The van der Waals surface area contributed by atoms with Gasteiger partial charge in [-0.05, 0) is 72.6 Å². The lowest BCUT2D eigenvalue weighted by molar-refractivity contribution is 0.0627. The molecule has 48 heavy (non-hydrogen) atoms. The Labute approximate surface area is 294 Å². The summed E-state index contributed by atoms with van der Waals surface area (Å²) < 4.78 is 12.2. The van der Waals surface area contributed by atoms with Crippen LogP contribution in [0.15, 0.2) is 72.8 Å². The average Bonchev–Trinajstić information content (AvgIpc) is 3.12. The van der Waals surface area contributed by atoms with Crippen molar-refractivity contribution in [2.45, 2.75) is 162 Å². The van der Waals surface area contributed by atoms with E-state index in [0.717, 1.165) is 43.4 Å². The van der Waals surface area contributed by atoms with Gasteiger partial charge in [0.2, 0.25) is 0 Å². The molecule has 0 heterocycles. The summed E-state index contributed by atoms with van der Waals surface area (Å²) in [5.41, 5.74) is 5.15. The van der Waals surface area contributed by atoms with Crippen LogP contribution in [0.3, 0.4) is 0 Å². The zero-order chi connectivity index (χ0) is 34.2. The number of unbranched alkanes of at least 4 members (excludes halogenated alkanes) is 14. The Hall–Kier alpha value is -2.91. The minimum absolute atomic E-state index is 0.0837. The molecule has 0 bridgehead atoms. The van der Waals surface area contributed by atoms with Gasteiger partial charge in [0.15, 0.2) is 0 Å². The fraction of sp³-hybridized carbons (Fsp3) is 0.578. The zero-order valence-electron chi connectivity index (χ0n) is 30.9. The molecule has 2 unspecified atom stereocenters. The standard InChI is InChI=1S/C45H66O3/c1-5-8-10-12-14-15-16-17-19-23-36-47-37(4)38-28-30-39(31-29-38)40-32-34-42(35-33-40)45(46)48-44-27-22-21-26-43(44)41(24-7-3)25-20-18-13-11-9-6-2/h21-22,26-35,37,41H,5-20,23-25,36H2,1-4H3. The molecule has 0 saturated heterocycles. The molecule has 0 fully saturated rings. The number of esters is 1. The van der Waals surface area contributed by atoms with E-state index < -0.39 is 0 Å². The second-order valence-electron chi connectivity index (χ2n) is 13.9. The Balaban J connectivity index is 1.46. The first-order chi connectivity index (χ1) is 23.6. The molecule has 0 aliphatic rings. The minimum Gasteiger partial charge on any atom is -0.423 e. The molecule has 0 aliphatic carbocycles. The number of ether oxygens (including phenoxy) is 2. The lowest BCUT2D eigenvalue weighted by atomic mass is 9.88. The fourth-order valence-corrected chi connectivity index (χ4v) is 6.74. The van der Waals surface area contributed by atoms with Crippen LogP contribution in [0.4, 0.5) is 0 Å². The highest BCUT2D eigenvalue weighted by Crippen LogP contribution is 2.34. The Kier molecular flexibility index (Phi) is 20.0. The second kappa shape index (κ2) is 24.3. The number of rotatable bonds is 26. The van der Waals surface area contributed by atoms with Gasteiger partial charge in [-0.2, -0.15) is 0 Å². The van der Waals surface area contributed by atoms with Crippen molar-refractivity contribution >= 4 is 5.97 Å². The first-order valence-corrected chi connectivity index (χ1v) is 19.7. The zero-order valence-corrected chi connectivity index (χ0v) is 30.9. The molecular formula is C45H66O3. The van der Waals surface area contributed by atoms with Gasteiger partial charge < -0.3 is 9.47 Å². The number of benzene rings is 3. The van der Waals surface area contributed by atoms with E-state index in [4.69, 9.17) is 9.47 Å². The van der Waals surface area contributed by atoms with Crippen molar-refractivity contribution < 1.29 is 14.3 Å². The highest BCUT2D eigenvalue weighted by molar-refractivity contribution is 5.91. The largest absolute Gasteiger partial charge is 0.423 e. The van der Waals surface area contributed by atoms with Gasteiger partial charge in [0, 0.05) is 6.61 Å². The highest BCUT2D eigenvalue weighted by Gasteiger charge is 2.18. The van der Waals surface area contributed by atoms with E-state index in [9.17, 15) is 4.79 Å². The molecule has 3 aromatic carbocycles. The smallest absolute Gasteiger partial charge is 0.343 e. The topological polar surface area (TPSA) is 35.5 Å². The van der Waals surface area contributed by atoms with E-state index in [0.29, 0.717) is 17.2 Å². The van der Waals surface area contributed by atoms with Crippen molar-refractivity contribution in [3.05, 3.63) is 89.5 Å². The summed E-state index contributed by atoms with van der Waals surface area (Å²) in [6.45, 7) is 9.74. The van der Waals surface area contributed by atoms with Crippen molar-refractivity contribution in [1.29, 1.82) is 0 Å². The molecule has 0 N–H and O–H groups in total. The molecule has 0 amide bonds. The van der Waals surface area contributed by atoms with Crippen molar-refractivity contribution in [3.8, 4) is 16.9 Å². The molecule has 0 saturated carbocycles. The summed E-state index contributed by atoms with van der Waals surface area (Å²) in [7, 11) is 0. The predicted octanol–water partition coefficient (Wildman–Crippen LogP) is 14.2. The van der Waals surface area contributed by atoms with Gasteiger partial charge in [-0.15, -0.1) is 0 Å². The van der Waals surface area contributed by atoms with E-state index in [1.807, 2.05) is 36.4 Å². The van der Waals surface area contributed by atoms with Gasteiger partial charge in [0.05, 0.1) is 11.7 Å². The van der Waals surface area contributed by atoms with E-state index in [2.05, 4.69) is 64.1 Å². The average molecular weight is 655 g/mol. The van der Waals surface area contributed by atoms with Crippen molar-refractivity contribution in [2.75, 3.05) is 6.61 Å². The number of hydrogen-bond acceptors (Lipinski definition) is 3. The third kappa shape index (κ3) is 14.7. The molecule has 3 nitrogen and oxygen atoms in total. The molecule has 3 aromatic rings. The maximum Gasteiger partial charge on any atom is 0.343 e. The Morgan fingerprint density at radius 3 is 1.67 bits per heavy atom. The van der Waals surface area contributed by atoms with Crippen LogP contribution in [0.1, 0.15) is 183 Å². The number of para-hydroxylation sites is 1. The van der Waals surface area contributed by atoms with E-state index in [1.165, 1.54) is 107 Å². The maximum absolute atomic E-state index is 13.3. The highest BCUT2D eigenvalue weighted by atomic mass is 16.5. The van der Waals surface area contributed by atoms with Crippen LogP contribution in [0.2, 0.25) is 0 Å². The summed E-state index contributed by atoms with van der Waals surface area (Å²) in [6.07, 6.45) is 24.6. The minimum atomic E-state index is -0.299. The van der Waals surface area contributed by atoms with E-state index in [-0.39, 0.29) is 12.1 Å². The fourth-order valence-electron chi connectivity index (χ4n) is 6.74. The third-order valence-corrected chi connectivity index (χ3v) is 9.80. The Morgan fingerprint density at radius 1 is 0.562 bits per heavy atom. The predicted molar refractivity (Wildman–Crippen MR) is 205 cm³/mol. The Bertz CT molecular complexity index is 1250. The van der Waals surface area contributed by atoms with Gasteiger partial charge >= 0.3 is 5.97 Å². The molecule has 3 heteroatoms. The quantitative estimate of drug-likeness (QED) is 0.0491. The van der Waals surface area contributed by atoms with E-state index >= 15 is 0 Å². The van der Waals surface area contributed by atoms with Crippen molar-refractivity contribution in [1.82, 2.24) is 0 Å². The van der Waals surface area contributed by atoms with Gasteiger partial charge in [-0.1, -0.05) is 178 Å². The normalized spacial score (nSPS) is 12.6. The van der Waals surface area contributed by atoms with Crippen LogP contribution in [0.5, 0.6) is 5.75 Å². The summed E-state index contributed by atoms with van der Waals surface area (Å²) in [4.78, 5) is 13.3. The lowest BCUT2D eigenvalue weighted by Crippen LogP contribution is -2.11. The molecule has 0 aliphatic heterocycles. The molecule has 0 aromatic heterocycles. The number of carbonyl (C=O) groups excluding carboxylic acids is 1. The van der Waals surface area contributed by atoms with Crippen LogP contribution in [0.25, 0.3) is 11.1 Å². The van der Waals surface area contributed by atoms with Crippen LogP contribution >= 0.6 is 0 Å². The van der Waals surface area contributed by atoms with Gasteiger partial charge in [0.1, 0.15) is 5.75 Å². The monoisotopic (exact) mass is 655 g/mol. The summed E-state index contributed by atoms with van der Waals surface area (Å²) in [5, 5.41) is 0. The van der Waals surface area contributed by atoms with Gasteiger partial charge in [-0.3, -0.25) is 0 Å². The van der Waals surface area contributed by atoms with Crippen LogP contribution in [-0.4, -0.2) is 12.6 Å². The van der Waals surface area contributed by atoms with Crippen LogP contribution in [0, 0.1) is 0 Å². The molecule has 2 atom stereocenters. The summed E-state index contributed by atoms with van der Waals surface area (Å²) in [6, 6.07) is 24.6. The number of hydrogen-bond donors (Lipinski definition) is 0. The van der Waals surface area contributed by atoms with Gasteiger partial charge in [-0.25, -0.2) is 4.79 Å². The summed E-state index contributed by atoms with van der Waals surface area (Å²) >= 11 is 0. The second-order valence-corrected chi connectivity index (χ2v) is 13.9. The van der Waals surface area contributed by atoms with Crippen LogP contribution in [-0.2, 0) is 4.74 Å². The SMILES string of the molecule is CCCCCCCCCCCCOC(C)c1ccc(-c2ccc(C(=O)Oc3ccccc3C(CCC)CCCCCCCC)cc2)cc1. The Morgan fingerprint density at radius 2 is 1.08 bits per heavy atom. The molecule has 0 radical (unpaired) electrons. The lowest BCUT2D eigenvalue weighted by Gasteiger charge is -2.20. The first-order valence-electron chi connectivity index (χ1n) is 19.7. The van der Waals surface area contributed by atoms with E-state index in [1.54, 1.807) is 0 Å². The molecule has 264 valence electrons. The maximum atomic E-state index is 13.3. The van der Waals surface area contributed by atoms with Gasteiger partial charge in [0.25, 0.3) is 0 Å². The van der Waals surface area contributed by atoms with Crippen molar-refractivity contribution in [2.24, 2.45) is 0 Å². The van der Waals surface area contributed by atoms with Crippen LogP contribution < -0.4 is 4.74 Å². The molecule has 0 spiro atoms. The first kappa shape index (κ1) is 39.5. The van der Waals surface area contributed by atoms with Crippen molar-refractivity contribution in [3.63, 3.8) is 0 Å². The third-order valence-electron chi connectivity index (χ3n) is 9.80. The summed E-state index contributed by atoms with van der Waals surface area (Å²) in [5.74, 6) is 0.826. The molecular weight excluding hydrogens is 588 g/mol.